The van der Waals surface area contributed by atoms with Crippen LogP contribution < -0.4 is 5.32 Å². The molecule has 1 N–H and O–H groups in total. The molecule has 4 rings (SSSR count). The van der Waals surface area contributed by atoms with E-state index in [0.29, 0.717) is 11.3 Å². The minimum absolute atomic E-state index is 0.0695. The first-order valence-electron chi connectivity index (χ1n) is 10.1. The summed E-state index contributed by atoms with van der Waals surface area (Å²) in [6.45, 7) is 4.13. The standard InChI is InChI=1S/C25H24N4O/c1-3-23(19-13-11-18(2)12-14-19)27-25(30)22-17-29(21-9-5-4-6-10-21)28-24(22)20-8-7-15-26-16-20/h4-17,23H,3H2,1-2H3,(H,27,30)/t23-/m0/s1. The van der Waals surface area contributed by atoms with E-state index < -0.39 is 0 Å². The van der Waals surface area contributed by atoms with Crippen LogP contribution in [0.2, 0.25) is 0 Å². The summed E-state index contributed by atoms with van der Waals surface area (Å²) in [4.78, 5) is 17.5. The van der Waals surface area contributed by atoms with Gasteiger partial charge in [0.2, 0.25) is 0 Å². The number of carbonyl (C=O) groups is 1. The summed E-state index contributed by atoms with van der Waals surface area (Å²) in [6, 6.07) is 21.7. The van der Waals surface area contributed by atoms with E-state index in [9.17, 15) is 4.79 Å². The van der Waals surface area contributed by atoms with Gasteiger partial charge in [-0.1, -0.05) is 55.0 Å². The largest absolute Gasteiger partial charge is 0.345 e. The van der Waals surface area contributed by atoms with Gasteiger partial charge in [-0.2, -0.15) is 5.10 Å². The average molecular weight is 396 g/mol. The first-order valence-corrected chi connectivity index (χ1v) is 10.1. The third-order valence-electron chi connectivity index (χ3n) is 5.11. The quantitative estimate of drug-likeness (QED) is 0.492. The Hall–Kier alpha value is -3.73. The highest BCUT2D eigenvalue weighted by Crippen LogP contribution is 2.25. The van der Waals surface area contributed by atoms with E-state index in [1.165, 1.54) is 5.56 Å². The van der Waals surface area contributed by atoms with Crippen LogP contribution in [0, 0.1) is 6.92 Å². The highest BCUT2D eigenvalue weighted by atomic mass is 16.1. The van der Waals surface area contributed by atoms with Gasteiger partial charge in [-0.25, -0.2) is 4.68 Å². The molecule has 2 aromatic heterocycles. The molecule has 2 heterocycles. The Morgan fingerprint density at radius 1 is 1.03 bits per heavy atom. The third kappa shape index (κ3) is 4.15. The lowest BCUT2D eigenvalue weighted by Gasteiger charge is -2.17. The van der Waals surface area contributed by atoms with Crippen molar-refractivity contribution in [3.63, 3.8) is 0 Å². The lowest BCUT2D eigenvalue weighted by Crippen LogP contribution is -2.28. The number of pyridine rings is 1. The molecule has 2 aromatic carbocycles. The summed E-state index contributed by atoms with van der Waals surface area (Å²) in [7, 11) is 0. The monoisotopic (exact) mass is 396 g/mol. The number of hydrogen-bond donors (Lipinski definition) is 1. The van der Waals surface area contributed by atoms with E-state index in [1.807, 2.05) is 42.5 Å². The van der Waals surface area contributed by atoms with E-state index in [1.54, 1.807) is 23.3 Å². The van der Waals surface area contributed by atoms with E-state index in [0.717, 1.165) is 23.2 Å². The summed E-state index contributed by atoms with van der Waals surface area (Å²) < 4.78 is 1.74. The zero-order valence-electron chi connectivity index (χ0n) is 17.1. The zero-order valence-corrected chi connectivity index (χ0v) is 17.1. The number of aryl methyl sites for hydroxylation is 1. The Balaban J connectivity index is 1.70. The molecule has 0 saturated carbocycles. The number of hydrogen-bond acceptors (Lipinski definition) is 3. The predicted molar refractivity (Wildman–Crippen MR) is 118 cm³/mol. The minimum atomic E-state index is -0.150. The Kier molecular flexibility index (Phi) is 5.70. The van der Waals surface area contributed by atoms with Crippen LogP contribution in [0.25, 0.3) is 16.9 Å². The van der Waals surface area contributed by atoms with Crippen LogP contribution in [-0.4, -0.2) is 20.7 Å². The normalized spacial score (nSPS) is 11.8. The fraction of sp³-hybridized carbons (Fsp3) is 0.160. The number of amides is 1. The van der Waals surface area contributed by atoms with Crippen molar-refractivity contribution in [2.24, 2.45) is 0 Å². The van der Waals surface area contributed by atoms with Crippen LogP contribution in [0.15, 0.2) is 85.3 Å². The number of aromatic nitrogens is 3. The van der Waals surface area contributed by atoms with E-state index in [2.05, 4.69) is 48.4 Å². The van der Waals surface area contributed by atoms with Crippen molar-refractivity contribution < 1.29 is 4.79 Å². The maximum absolute atomic E-state index is 13.3. The first-order chi connectivity index (χ1) is 14.7. The van der Waals surface area contributed by atoms with Gasteiger partial charge in [-0.15, -0.1) is 0 Å². The van der Waals surface area contributed by atoms with E-state index in [-0.39, 0.29) is 11.9 Å². The molecule has 5 heteroatoms. The van der Waals surface area contributed by atoms with Gasteiger partial charge < -0.3 is 5.32 Å². The molecule has 0 fully saturated rings. The van der Waals surface area contributed by atoms with E-state index >= 15 is 0 Å². The number of carbonyl (C=O) groups excluding carboxylic acids is 1. The van der Waals surface area contributed by atoms with Crippen LogP contribution >= 0.6 is 0 Å². The van der Waals surface area contributed by atoms with Crippen LogP contribution in [0.3, 0.4) is 0 Å². The molecule has 0 aliphatic carbocycles. The van der Waals surface area contributed by atoms with Crippen molar-refractivity contribution in [3.05, 3.63) is 102 Å². The second-order valence-electron chi connectivity index (χ2n) is 7.26. The summed E-state index contributed by atoms with van der Waals surface area (Å²) in [5, 5.41) is 7.89. The van der Waals surface area contributed by atoms with Gasteiger partial charge in [-0.3, -0.25) is 9.78 Å². The van der Waals surface area contributed by atoms with Gasteiger partial charge >= 0.3 is 0 Å². The Morgan fingerprint density at radius 2 is 1.80 bits per heavy atom. The molecule has 4 aromatic rings. The molecule has 0 aliphatic rings. The average Bonchev–Trinajstić information content (AvgIpc) is 3.25. The number of nitrogens with one attached hydrogen (secondary N) is 1. The van der Waals surface area contributed by atoms with Gasteiger partial charge in [0.15, 0.2) is 0 Å². The van der Waals surface area contributed by atoms with Crippen LogP contribution in [0.4, 0.5) is 0 Å². The van der Waals surface area contributed by atoms with Crippen LogP contribution in [0.1, 0.15) is 40.9 Å². The number of nitrogens with zero attached hydrogens (tertiary/aromatic N) is 3. The third-order valence-corrected chi connectivity index (χ3v) is 5.11. The molecule has 5 nitrogen and oxygen atoms in total. The van der Waals surface area contributed by atoms with Gasteiger partial charge in [0.25, 0.3) is 5.91 Å². The number of benzene rings is 2. The molecular weight excluding hydrogens is 372 g/mol. The van der Waals surface area contributed by atoms with Crippen molar-refractivity contribution in [1.82, 2.24) is 20.1 Å². The maximum atomic E-state index is 13.3. The molecule has 1 amide bonds. The lowest BCUT2D eigenvalue weighted by atomic mass is 10.0. The molecule has 0 saturated heterocycles. The van der Waals surface area contributed by atoms with Crippen molar-refractivity contribution >= 4 is 5.91 Å². The molecule has 1 atom stereocenters. The van der Waals surface area contributed by atoms with Crippen LogP contribution in [0.5, 0.6) is 0 Å². The lowest BCUT2D eigenvalue weighted by molar-refractivity contribution is 0.0936. The molecule has 0 bridgehead atoms. The molecular formula is C25H24N4O. The topological polar surface area (TPSA) is 59.8 Å². The molecule has 150 valence electrons. The highest BCUT2D eigenvalue weighted by Gasteiger charge is 2.21. The van der Waals surface area contributed by atoms with Crippen molar-refractivity contribution in [2.75, 3.05) is 0 Å². The number of rotatable bonds is 6. The second-order valence-corrected chi connectivity index (χ2v) is 7.26. The maximum Gasteiger partial charge on any atom is 0.255 e. The molecule has 30 heavy (non-hydrogen) atoms. The molecule has 0 aliphatic heterocycles. The molecule has 0 radical (unpaired) electrons. The van der Waals surface area contributed by atoms with Crippen molar-refractivity contribution in [2.45, 2.75) is 26.3 Å². The Labute approximate surface area is 176 Å². The first kappa shape index (κ1) is 19.6. The fourth-order valence-electron chi connectivity index (χ4n) is 3.42. The zero-order chi connectivity index (χ0) is 20.9. The van der Waals surface area contributed by atoms with Gasteiger partial charge in [0, 0.05) is 24.2 Å². The van der Waals surface area contributed by atoms with Gasteiger partial charge in [-0.05, 0) is 43.2 Å². The summed E-state index contributed by atoms with van der Waals surface area (Å²) in [5.41, 5.74) is 5.13. The molecule has 0 spiro atoms. The van der Waals surface area contributed by atoms with Crippen LogP contribution in [-0.2, 0) is 0 Å². The second kappa shape index (κ2) is 8.74. The van der Waals surface area contributed by atoms with Crippen molar-refractivity contribution in [3.8, 4) is 16.9 Å². The summed E-state index contributed by atoms with van der Waals surface area (Å²) in [6.07, 6.45) is 6.02. The number of para-hydroxylation sites is 1. The summed E-state index contributed by atoms with van der Waals surface area (Å²) in [5.74, 6) is -0.150. The Morgan fingerprint density at radius 3 is 2.47 bits per heavy atom. The van der Waals surface area contributed by atoms with Crippen molar-refractivity contribution in [1.29, 1.82) is 0 Å². The van der Waals surface area contributed by atoms with E-state index in [4.69, 9.17) is 5.10 Å². The predicted octanol–water partition coefficient (Wildman–Crippen LogP) is 5.12. The smallest absolute Gasteiger partial charge is 0.255 e. The Bertz CT molecular complexity index is 1120. The minimum Gasteiger partial charge on any atom is -0.345 e. The molecule has 0 unspecified atom stereocenters. The van der Waals surface area contributed by atoms with Gasteiger partial charge in [0.1, 0.15) is 5.69 Å². The fourth-order valence-corrected chi connectivity index (χ4v) is 3.42. The summed E-state index contributed by atoms with van der Waals surface area (Å²) >= 11 is 0. The van der Waals surface area contributed by atoms with Gasteiger partial charge in [0.05, 0.1) is 17.3 Å². The highest BCUT2D eigenvalue weighted by molar-refractivity contribution is 6.00. The SMILES string of the molecule is CC[C@H](NC(=O)c1cn(-c2ccccc2)nc1-c1cccnc1)c1ccc(C)cc1.